The lowest BCUT2D eigenvalue weighted by atomic mass is 10.1. The van der Waals surface area contributed by atoms with Gasteiger partial charge in [-0.3, -0.25) is 19.9 Å². The van der Waals surface area contributed by atoms with Gasteiger partial charge in [-0.1, -0.05) is 18.7 Å². The number of rotatable bonds is 2. The SMILES string of the molecule is C=CC(=O)NC1CCCOc2nccnc2-c2cc(cc(C)n2)C(=O)Nc2nc3ccccc3n2C1. The van der Waals surface area contributed by atoms with E-state index in [2.05, 4.69) is 37.1 Å². The Morgan fingerprint density at radius 2 is 2.06 bits per heavy atom. The summed E-state index contributed by atoms with van der Waals surface area (Å²) in [6.07, 6.45) is 5.60. The molecule has 4 heterocycles. The molecule has 1 unspecified atom stereocenters. The fraction of sp³-hybridized carbons (Fsp3) is 0.231. The van der Waals surface area contributed by atoms with Gasteiger partial charge in [0, 0.05) is 36.2 Å². The van der Waals surface area contributed by atoms with Gasteiger partial charge in [0.15, 0.2) is 5.69 Å². The molecule has 2 bridgehead atoms. The van der Waals surface area contributed by atoms with Crippen LogP contribution in [0.1, 0.15) is 28.9 Å². The van der Waals surface area contributed by atoms with Crippen LogP contribution < -0.4 is 15.4 Å². The number of fused-ring (bicyclic) bond motifs is 7. The number of benzene rings is 1. The van der Waals surface area contributed by atoms with Crippen molar-refractivity contribution < 1.29 is 14.3 Å². The third-order valence-electron chi connectivity index (χ3n) is 5.87. The van der Waals surface area contributed by atoms with E-state index in [9.17, 15) is 9.59 Å². The van der Waals surface area contributed by atoms with Crippen LogP contribution in [0, 0.1) is 6.92 Å². The van der Waals surface area contributed by atoms with Crippen molar-refractivity contribution in [2.75, 3.05) is 11.9 Å². The minimum absolute atomic E-state index is 0.260. The van der Waals surface area contributed by atoms with E-state index in [0.717, 1.165) is 11.0 Å². The molecule has 5 rings (SSSR count). The van der Waals surface area contributed by atoms with Crippen molar-refractivity contribution in [3.05, 3.63) is 72.7 Å². The molecule has 0 fully saturated rings. The number of aromatic nitrogens is 5. The summed E-state index contributed by atoms with van der Waals surface area (Å²) in [6.45, 7) is 6.14. The number of hydrogen-bond donors (Lipinski definition) is 2. The number of ether oxygens (including phenoxy) is 1. The van der Waals surface area contributed by atoms with Crippen LogP contribution in [0.3, 0.4) is 0 Å². The number of para-hydroxylation sites is 2. The zero-order valence-corrected chi connectivity index (χ0v) is 19.8. The van der Waals surface area contributed by atoms with Crippen molar-refractivity contribution in [2.45, 2.75) is 32.4 Å². The first-order valence-corrected chi connectivity index (χ1v) is 11.6. The van der Waals surface area contributed by atoms with Crippen LogP contribution in [0.5, 0.6) is 5.88 Å². The summed E-state index contributed by atoms with van der Waals surface area (Å²) in [5.74, 6) is 0.109. The average molecular weight is 484 g/mol. The number of amides is 2. The molecule has 4 aromatic rings. The Balaban J connectivity index is 1.61. The lowest BCUT2D eigenvalue weighted by molar-refractivity contribution is -0.117. The molecule has 2 amide bonds. The predicted molar refractivity (Wildman–Crippen MR) is 135 cm³/mol. The van der Waals surface area contributed by atoms with Crippen LogP contribution in [-0.2, 0) is 11.3 Å². The number of carbonyl (C=O) groups is 2. The van der Waals surface area contributed by atoms with Crippen LogP contribution in [0.25, 0.3) is 22.4 Å². The number of aryl methyl sites for hydroxylation is 1. The molecule has 0 saturated heterocycles. The second kappa shape index (κ2) is 9.95. The number of carbonyl (C=O) groups excluding carboxylic acids is 2. The van der Waals surface area contributed by atoms with Gasteiger partial charge in [0.05, 0.1) is 23.3 Å². The van der Waals surface area contributed by atoms with Crippen molar-refractivity contribution in [1.82, 2.24) is 29.8 Å². The Kier molecular flexibility index (Phi) is 6.40. The second-order valence-electron chi connectivity index (χ2n) is 8.48. The Hall–Kier alpha value is -4.60. The van der Waals surface area contributed by atoms with E-state index in [1.54, 1.807) is 24.5 Å². The molecule has 0 aliphatic carbocycles. The molecule has 10 heteroatoms. The lowest BCUT2D eigenvalue weighted by Crippen LogP contribution is -2.37. The molecule has 1 aliphatic rings. The summed E-state index contributed by atoms with van der Waals surface area (Å²) in [5.41, 5.74) is 3.58. The van der Waals surface area contributed by atoms with E-state index in [0.29, 0.717) is 60.5 Å². The number of hydrogen-bond acceptors (Lipinski definition) is 7. The van der Waals surface area contributed by atoms with E-state index in [-0.39, 0.29) is 17.9 Å². The second-order valence-corrected chi connectivity index (χ2v) is 8.48. The van der Waals surface area contributed by atoms with Gasteiger partial charge in [0.1, 0.15) is 0 Å². The molecule has 2 N–H and O–H groups in total. The molecule has 0 radical (unpaired) electrons. The Morgan fingerprint density at radius 1 is 1.22 bits per heavy atom. The molecular weight excluding hydrogens is 458 g/mol. The number of pyridine rings is 1. The molecule has 1 atom stereocenters. The molecule has 1 aromatic carbocycles. The highest BCUT2D eigenvalue weighted by Gasteiger charge is 2.21. The highest BCUT2D eigenvalue weighted by Crippen LogP contribution is 2.27. The van der Waals surface area contributed by atoms with Gasteiger partial charge in [-0.15, -0.1) is 0 Å². The smallest absolute Gasteiger partial charge is 0.258 e. The first kappa shape index (κ1) is 23.2. The van der Waals surface area contributed by atoms with Gasteiger partial charge >= 0.3 is 0 Å². The monoisotopic (exact) mass is 483 g/mol. The third-order valence-corrected chi connectivity index (χ3v) is 5.87. The lowest BCUT2D eigenvalue weighted by Gasteiger charge is -2.20. The third kappa shape index (κ3) is 4.78. The topological polar surface area (TPSA) is 124 Å². The van der Waals surface area contributed by atoms with Gasteiger partial charge in [0.2, 0.25) is 17.7 Å². The number of nitrogens with zero attached hydrogens (tertiary/aromatic N) is 5. The number of imidazole rings is 1. The zero-order valence-electron chi connectivity index (χ0n) is 19.8. The minimum atomic E-state index is -0.341. The van der Waals surface area contributed by atoms with Crippen LogP contribution in [-0.4, -0.2) is 49.0 Å². The van der Waals surface area contributed by atoms with Crippen LogP contribution >= 0.6 is 0 Å². The van der Waals surface area contributed by atoms with Crippen molar-refractivity contribution in [1.29, 1.82) is 0 Å². The summed E-state index contributed by atoms with van der Waals surface area (Å²) < 4.78 is 7.88. The summed E-state index contributed by atoms with van der Waals surface area (Å²) in [7, 11) is 0. The first-order valence-electron chi connectivity index (χ1n) is 11.6. The maximum absolute atomic E-state index is 13.4. The molecule has 3 aromatic heterocycles. The maximum Gasteiger partial charge on any atom is 0.258 e. The molecule has 0 spiro atoms. The van der Waals surface area contributed by atoms with Gasteiger partial charge in [-0.05, 0) is 50.1 Å². The highest BCUT2D eigenvalue weighted by atomic mass is 16.5. The summed E-state index contributed by atoms with van der Waals surface area (Å²) in [4.78, 5) is 43.5. The molecule has 36 heavy (non-hydrogen) atoms. The van der Waals surface area contributed by atoms with Gasteiger partial charge < -0.3 is 14.6 Å². The standard InChI is InChI=1S/C26H25N7O3/c1-3-22(34)30-18-7-6-12-36-25-23(27-10-11-28-25)20-14-17(13-16(2)29-20)24(35)32-26-31-19-8-4-5-9-21(19)33(26)15-18/h3-5,8-11,13-14,18H,1,6-7,12,15H2,2H3,(H,30,34)(H,31,32,35). The predicted octanol–water partition coefficient (Wildman–Crippen LogP) is 3.29. The Labute approximate surface area is 207 Å². The largest absolute Gasteiger partial charge is 0.476 e. The molecule has 0 saturated carbocycles. The number of nitrogens with one attached hydrogen (secondary N) is 2. The van der Waals surface area contributed by atoms with E-state index in [1.807, 2.05) is 35.8 Å². The van der Waals surface area contributed by atoms with E-state index < -0.39 is 0 Å². The van der Waals surface area contributed by atoms with Crippen LogP contribution in [0.4, 0.5) is 5.95 Å². The van der Waals surface area contributed by atoms with Crippen molar-refractivity contribution in [3.63, 3.8) is 0 Å². The molecule has 1 aliphatic heterocycles. The maximum atomic E-state index is 13.4. The van der Waals surface area contributed by atoms with Crippen molar-refractivity contribution >= 4 is 28.8 Å². The zero-order chi connectivity index (χ0) is 25.1. The summed E-state index contributed by atoms with van der Waals surface area (Å²) in [6, 6.07) is 10.7. The fourth-order valence-corrected chi connectivity index (χ4v) is 4.25. The average Bonchev–Trinajstić information content (AvgIpc) is 3.22. The number of anilines is 1. The minimum Gasteiger partial charge on any atom is -0.476 e. The van der Waals surface area contributed by atoms with Crippen LogP contribution in [0.15, 0.2) is 61.4 Å². The van der Waals surface area contributed by atoms with Crippen molar-refractivity contribution in [3.8, 4) is 17.3 Å². The quantitative estimate of drug-likeness (QED) is 0.419. The van der Waals surface area contributed by atoms with E-state index >= 15 is 0 Å². The van der Waals surface area contributed by atoms with Crippen LogP contribution in [0.2, 0.25) is 0 Å². The molecular formula is C26H25N7O3. The van der Waals surface area contributed by atoms with Crippen molar-refractivity contribution in [2.24, 2.45) is 0 Å². The Bertz CT molecular complexity index is 1460. The van der Waals surface area contributed by atoms with Gasteiger partial charge in [0.25, 0.3) is 5.91 Å². The summed E-state index contributed by atoms with van der Waals surface area (Å²) in [5, 5.41) is 5.94. The normalized spacial score (nSPS) is 15.9. The van der Waals surface area contributed by atoms with E-state index in [1.165, 1.54) is 6.08 Å². The molecule has 182 valence electrons. The summed E-state index contributed by atoms with van der Waals surface area (Å²) >= 11 is 0. The Morgan fingerprint density at radius 3 is 2.92 bits per heavy atom. The first-order chi connectivity index (χ1) is 17.5. The highest BCUT2D eigenvalue weighted by molar-refractivity contribution is 6.04. The van der Waals surface area contributed by atoms with E-state index in [4.69, 9.17) is 4.74 Å². The van der Waals surface area contributed by atoms with Gasteiger partial charge in [-0.25, -0.2) is 15.0 Å². The molecule has 10 nitrogen and oxygen atoms in total. The van der Waals surface area contributed by atoms with Gasteiger partial charge in [-0.2, -0.15) is 0 Å². The fourth-order valence-electron chi connectivity index (χ4n) is 4.25.